The fourth-order valence-electron chi connectivity index (χ4n) is 1.26. The summed E-state index contributed by atoms with van der Waals surface area (Å²) in [5, 5.41) is 0. The second-order valence-corrected chi connectivity index (χ2v) is 3.04. The lowest BCUT2D eigenvalue weighted by Gasteiger charge is -1.93. The zero-order chi connectivity index (χ0) is 10.7. The van der Waals surface area contributed by atoms with Crippen LogP contribution in [0.4, 0.5) is 0 Å². The number of hydrogen-bond acceptors (Lipinski definition) is 4. The summed E-state index contributed by atoms with van der Waals surface area (Å²) >= 11 is 0. The third kappa shape index (κ3) is 1.99. The Morgan fingerprint density at radius 2 is 2.27 bits per heavy atom. The molecule has 0 bridgehead atoms. The van der Waals surface area contributed by atoms with Crippen molar-refractivity contribution in [3.63, 3.8) is 0 Å². The second-order valence-electron chi connectivity index (χ2n) is 3.04. The SMILES string of the molecule is COCc1ccc(C(=O)c2ccoc2)o1. The molecule has 2 aromatic heterocycles. The summed E-state index contributed by atoms with van der Waals surface area (Å²) in [6.45, 7) is 0.360. The number of hydrogen-bond donors (Lipinski definition) is 0. The fourth-order valence-corrected chi connectivity index (χ4v) is 1.26. The van der Waals surface area contributed by atoms with Crippen LogP contribution in [-0.2, 0) is 11.3 Å². The standard InChI is InChI=1S/C11H10O4/c1-13-7-9-2-3-10(15-9)11(12)8-4-5-14-6-8/h2-6H,7H2,1H3. The van der Waals surface area contributed by atoms with Crippen molar-refractivity contribution in [3.8, 4) is 0 Å². The summed E-state index contributed by atoms with van der Waals surface area (Å²) in [6, 6.07) is 4.95. The normalized spacial score (nSPS) is 10.5. The average molecular weight is 206 g/mol. The van der Waals surface area contributed by atoms with E-state index in [1.807, 2.05) is 0 Å². The summed E-state index contributed by atoms with van der Waals surface area (Å²) in [4.78, 5) is 11.7. The van der Waals surface area contributed by atoms with Crippen LogP contribution in [-0.4, -0.2) is 12.9 Å². The molecule has 4 nitrogen and oxygen atoms in total. The number of carbonyl (C=O) groups excluding carboxylic acids is 1. The van der Waals surface area contributed by atoms with E-state index in [1.165, 1.54) is 12.5 Å². The van der Waals surface area contributed by atoms with Gasteiger partial charge < -0.3 is 13.6 Å². The van der Waals surface area contributed by atoms with E-state index in [1.54, 1.807) is 25.3 Å². The molecule has 2 aromatic rings. The summed E-state index contributed by atoms with van der Waals surface area (Å²) in [5.74, 6) is 0.735. The zero-order valence-corrected chi connectivity index (χ0v) is 8.23. The molecule has 2 heterocycles. The molecule has 0 unspecified atom stereocenters. The molecule has 0 amide bonds. The van der Waals surface area contributed by atoms with Crippen molar-refractivity contribution in [1.29, 1.82) is 0 Å². The number of rotatable bonds is 4. The lowest BCUT2D eigenvalue weighted by molar-refractivity contribution is 0.0999. The third-order valence-corrected chi connectivity index (χ3v) is 1.96. The van der Waals surface area contributed by atoms with E-state index in [2.05, 4.69) is 0 Å². The predicted octanol–water partition coefficient (Wildman–Crippen LogP) is 2.25. The quantitative estimate of drug-likeness (QED) is 0.720. The van der Waals surface area contributed by atoms with Gasteiger partial charge >= 0.3 is 0 Å². The lowest BCUT2D eigenvalue weighted by atomic mass is 10.2. The van der Waals surface area contributed by atoms with Gasteiger partial charge in [0.25, 0.3) is 0 Å². The van der Waals surface area contributed by atoms with Crippen molar-refractivity contribution >= 4 is 5.78 Å². The predicted molar refractivity (Wildman–Crippen MR) is 51.6 cm³/mol. The van der Waals surface area contributed by atoms with Gasteiger partial charge in [0.1, 0.15) is 18.6 Å². The molecule has 15 heavy (non-hydrogen) atoms. The molecule has 0 aromatic carbocycles. The second kappa shape index (κ2) is 4.14. The number of ether oxygens (including phenoxy) is 1. The molecule has 0 aliphatic rings. The topological polar surface area (TPSA) is 52.6 Å². The van der Waals surface area contributed by atoms with E-state index < -0.39 is 0 Å². The van der Waals surface area contributed by atoms with Gasteiger partial charge in [-0.25, -0.2) is 0 Å². The molecule has 0 fully saturated rings. The Hall–Kier alpha value is -1.81. The first-order chi connectivity index (χ1) is 7.31. The van der Waals surface area contributed by atoms with Crippen molar-refractivity contribution < 1.29 is 18.4 Å². The van der Waals surface area contributed by atoms with E-state index in [-0.39, 0.29) is 5.78 Å². The van der Waals surface area contributed by atoms with Crippen LogP contribution in [0.1, 0.15) is 21.9 Å². The van der Waals surface area contributed by atoms with Crippen molar-refractivity contribution in [2.24, 2.45) is 0 Å². The Kier molecular flexibility index (Phi) is 2.69. The van der Waals surface area contributed by atoms with Gasteiger partial charge in [-0.3, -0.25) is 4.79 Å². The molecule has 0 radical (unpaired) electrons. The van der Waals surface area contributed by atoms with Crippen LogP contribution in [0.15, 0.2) is 39.6 Å². The van der Waals surface area contributed by atoms with Crippen molar-refractivity contribution in [1.82, 2.24) is 0 Å². The Labute approximate surface area is 86.4 Å². The maximum atomic E-state index is 11.7. The first kappa shape index (κ1) is 9.73. The van der Waals surface area contributed by atoms with Crippen LogP contribution in [0.2, 0.25) is 0 Å². The van der Waals surface area contributed by atoms with E-state index in [4.69, 9.17) is 13.6 Å². The minimum Gasteiger partial charge on any atom is -0.472 e. The maximum absolute atomic E-state index is 11.7. The Bertz CT molecular complexity index is 439. The van der Waals surface area contributed by atoms with Crippen LogP contribution >= 0.6 is 0 Å². The number of ketones is 1. The van der Waals surface area contributed by atoms with Gasteiger partial charge in [-0.05, 0) is 18.2 Å². The van der Waals surface area contributed by atoms with Gasteiger partial charge in [0.05, 0.1) is 11.8 Å². The van der Waals surface area contributed by atoms with Crippen LogP contribution in [0.3, 0.4) is 0 Å². The highest BCUT2D eigenvalue weighted by molar-refractivity contribution is 6.06. The van der Waals surface area contributed by atoms with Crippen LogP contribution in [0.25, 0.3) is 0 Å². The van der Waals surface area contributed by atoms with Crippen molar-refractivity contribution in [2.75, 3.05) is 7.11 Å². The van der Waals surface area contributed by atoms with Gasteiger partial charge in [-0.15, -0.1) is 0 Å². The van der Waals surface area contributed by atoms with Gasteiger partial charge in [-0.2, -0.15) is 0 Å². The van der Waals surface area contributed by atoms with E-state index in [0.29, 0.717) is 23.7 Å². The summed E-state index contributed by atoms with van der Waals surface area (Å²) in [7, 11) is 1.57. The molecule has 0 atom stereocenters. The summed E-state index contributed by atoms with van der Waals surface area (Å²) in [5.41, 5.74) is 0.480. The van der Waals surface area contributed by atoms with E-state index in [0.717, 1.165) is 0 Å². The maximum Gasteiger partial charge on any atom is 0.231 e. The molecular formula is C11H10O4. The first-order valence-corrected chi connectivity index (χ1v) is 4.46. The highest BCUT2D eigenvalue weighted by Crippen LogP contribution is 2.14. The van der Waals surface area contributed by atoms with Gasteiger partial charge in [0.15, 0.2) is 5.76 Å². The Morgan fingerprint density at radius 1 is 1.40 bits per heavy atom. The molecule has 0 saturated heterocycles. The van der Waals surface area contributed by atoms with Crippen LogP contribution in [0, 0.1) is 0 Å². The zero-order valence-electron chi connectivity index (χ0n) is 8.23. The van der Waals surface area contributed by atoms with E-state index >= 15 is 0 Å². The van der Waals surface area contributed by atoms with Crippen LogP contribution in [0.5, 0.6) is 0 Å². The highest BCUT2D eigenvalue weighted by Gasteiger charge is 2.14. The Balaban J connectivity index is 2.19. The van der Waals surface area contributed by atoms with Crippen molar-refractivity contribution in [3.05, 3.63) is 47.8 Å². The van der Waals surface area contributed by atoms with Gasteiger partial charge in [0.2, 0.25) is 5.78 Å². The molecule has 0 saturated carbocycles. The number of methoxy groups -OCH3 is 1. The summed E-state index contributed by atoms with van der Waals surface area (Å²) < 4.78 is 15.0. The molecule has 78 valence electrons. The molecule has 0 aliphatic heterocycles. The molecule has 2 rings (SSSR count). The fraction of sp³-hybridized carbons (Fsp3) is 0.182. The molecular weight excluding hydrogens is 196 g/mol. The van der Waals surface area contributed by atoms with Crippen molar-refractivity contribution in [2.45, 2.75) is 6.61 Å². The molecule has 4 heteroatoms. The third-order valence-electron chi connectivity index (χ3n) is 1.96. The van der Waals surface area contributed by atoms with Gasteiger partial charge in [0, 0.05) is 7.11 Å². The minimum atomic E-state index is -0.189. The highest BCUT2D eigenvalue weighted by atomic mass is 16.5. The first-order valence-electron chi connectivity index (χ1n) is 4.46. The summed E-state index contributed by atoms with van der Waals surface area (Å²) in [6.07, 6.45) is 2.84. The van der Waals surface area contributed by atoms with Gasteiger partial charge in [-0.1, -0.05) is 0 Å². The van der Waals surface area contributed by atoms with Crippen LogP contribution < -0.4 is 0 Å². The van der Waals surface area contributed by atoms with E-state index in [9.17, 15) is 4.79 Å². The number of carbonyl (C=O) groups is 1. The monoisotopic (exact) mass is 206 g/mol. The smallest absolute Gasteiger partial charge is 0.231 e. The molecule has 0 aliphatic carbocycles. The average Bonchev–Trinajstić information content (AvgIpc) is 2.87. The molecule has 0 N–H and O–H groups in total. The lowest BCUT2D eigenvalue weighted by Crippen LogP contribution is -1.96. The Morgan fingerprint density at radius 3 is 2.93 bits per heavy atom. The largest absolute Gasteiger partial charge is 0.472 e. The minimum absolute atomic E-state index is 0.189. The number of furan rings is 2. The molecule has 0 spiro atoms.